The molecule has 0 aliphatic heterocycles. The number of aromatic nitrogens is 1. The van der Waals surface area contributed by atoms with Gasteiger partial charge in [0.25, 0.3) is 0 Å². The Balaban J connectivity index is 2.01. The topological polar surface area (TPSA) is 48.1 Å². The lowest BCUT2D eigenvalue weighted by Crippen LogP contribution is -2.16. The second-order valence-corrected chi connectivity index (χ2v) is 4.92. The standard InChI is InChI=1S/C13H19ClN2O/c14-11-7-8-13(16-12(11)9-15)17-10-5-3-1-2-4-6-10/h7-8,10H,1-6,9,15H2. The van der Waals surface area contributed by atoms with Crippen LogP contribution in [0.25, 0.3) is 0 Å². The van der Waals surface area contributed by atoms with Crippen molar-refractivity contribution in [1.82, 2.24) is 4.98 Å². The first-order valence-corrected chi connectivity index (χ1v) is 6.69. The molecule has 1 aromatic heterocycles. The molecule has 1 aromatic rings. The third-order valence-electron chi connectivity index (χ3n) is 3.18. The molecule has 0 atom stereocenters. The zero-order valence-corrected chi connectivity index (χ0v) is 10.7. The molecule has 1 heterocycles. The number of hydrogen-bond acceptors (Lipinski definition) is 3. The fourth-order valence-corrected chi connectivity index (χ4v) is 2.39. The molecule has 0 spiro atoms. The first kappa shape index (κ1) is 12.7. The van der Waals surface area contributed by atoms with Gasteiger partial charge in [0.1, 0.15) is 6.10 Å². The zero-order valence-electron chi connectivity index (χ0n) is 9.99. The predicted molar refractivity (Wildman–Crippen MR) is 69.3 cm³/mol. The molecular weight excluding hydrogens is 236 g/mol. The highest BCUT2D eigenvalue weighted by molar-refractivity contribution is 6.31. The number of nitrogens with zero attached hydrogens (tertiary/aromatic N) is 1. The Hall–Kier alpha value is -0.800. The van der Waals surface area contributed by atoms with Gasteiger partial charge in [0.05, 0.1) is 10.7 Å². The van der Waals surface area contributed by atoms with Gasteiger partial charge in [-0.3, -0.25) is 0 Å². The monoisotopic (exact) mass is 254 g/mol. The van der Waals surface area contributed by atoms with Crippen LogP contribution in [-0.2, 0) is 6.54 Å². The van der Waals surface area contributed by atoms with Crippen molar-refractivity contribution in [2.45, 2.75) is 51.2 Å². The average molecular weight is 255 g/mol. The molecule has 3 nitrogen and oxygen atoms in total. The van der Waals surface area contributed by atoms with Crippen molar-refractivity contribution in [2.24, 2.45) is 5.73 Å². The van der Waals surface area contributed by atoms with Gasteiger partial charge in [0, 0.05) is 12.6 Å². The largest absolute Gasteiger partial charge is 0.474 e. The molecule has 0 amide bonds. The van der Waals surface area contributed by atoms with Crippen molar-refractivity contribution in [3.63, 3.8) is 0 Å². The van der Waals surface area contributed by atoms with E-state index >= 15 is 0 Å². The lowest BCUT2D eigenvalue weighted by atomic mass is 10.1. The van der Waals surface area contributed by atoms with E-state index < -0.39 is 0 Å². The van der Waals surface area contributed by atoms with Crippen LogP contribution in [0.1, 0.15) is 44.2 Å². The normalized spacial score (nSPS) is 17.8. The van der Waals surface area contributed by atoms with E-state index in [4.69, 9.17) is 22.1 Å². The van der Waals surface area contributed by atoms with E-state index in [-0.39, 0.29) is 0 Å². The minimum atomic E-state index is 0.303. The van der Waals surface area contributed by atoms with Gasteiger partial charge in [0.15, 0.2) is 0 Å². The first-order chi connectivity index (χ1) is 8.29. The lowest BCUT2D eigenvalue weighted by molar-refractivity contribution is 0.176. The van der Waals surface area contributed by atoms with E-state index in [0.29, 0.717) is 29.2 Å². The van der Waals surface area contributed by atoms with Crippen molar-refractivity contribution < 1.29 is 4.74 Å². The summed E-state index contributed by atoms with van der Waals surface area (Å²) >= 11 is 5.97. The molecule has 0 saturated heterocycles. The highest BCUT2D eigenvalue weighted by atomic mass is 35.5. The number of rotatable bonds is 3. The van der Waals surface area contributed by atoms with Crippen LogP contribution < -0.4 is 10.5 Å². The molecule has 0 radical (unpaired) electrons. The average Bonchev–Trinajstić information content (AvgIpc) is 2.60. The van der Waals surface area contributed by atoms with Gasteiger partial charge in [-0.2, -0.15) is 0 Å². The Morgan fingerprint density at radius 1 is 1.24 bits per heavy atom. The van der Waals surface area contributed by atoms with Crippen LogP contribution >= 0.6 is 11.6 Å². The summed E-state index contributed by atoms with van der Waals surface area (Å²) in [5.41, 5.74) is 6.28. The Morgan fingerprint density at radius 2 is 1.94 bits per heavy atom. The third-order valence-corrected chi connectivity index (χ3v) is 3.52. The van der Waals surface area contributed by atoms with Crippen LogP contribution in [0.15, 0.2) is 12.1 Å². The molecule has 94 valence electrons. The van der Waals surface area contributed by atoms with Gasteiger partial charge in [0.2, 0.25) is 5.88 Å². The van der Waals surface area contributed by atoms with Gasteiger partial charge in [-0.25, -0.2) is 4.98 Å². The molecule has 0 aromatic carbocycles. The maximum atomic E-state index is 5.97. The molecule has 0 bridgehead atoms. The van der Waals surface area contributed by atoms with E-state index in [0.717, 1.165) is 12.8 Å². The summed E-state index contributed by atoms with van der Waals surface area (Å²) in [6, 6.07) is 3.63. The molecule has 0 unspecified atom stereocenters. The van der Waals surface area contributed by atoms with Crippen LogP contribution in [0.3, 0.4) is 0 Å². The summed E-state index contributed by atoms with van der Waals surface area (Å²) in [6.07, 6.45) is 7.70. The van der Waals surface area contributed by atoms with Gasteiger partial charge in [-0.15, -0.1) is 0 Å². The van der Waals surface area contributed by atoms with Crippen LogP contribution in [0.4, 0.5) is 0 Å². The summed E-state index contributed by atoms with van der Waals surface area (Å²) in [4.78, 5) is 4.34. The van der Waals surface area contributed by atoms with E-state index in [1.54, 1.807) is 0 Å². The van der Waals surface area contributed by atoms with Crippen molar-refractivity contribution in [3.8, 4) is 5.88 Å². The second-order valence-electron chi connectivity index (χ2n) is 4.51. The number of halogens is 1. The molecule has 2 N–H and O–H groups in total. The van der Waals surface area contributed by atoms with Crippen LogP contribution in [0, 0.1) is 0 Å². The van der Waals surface area contributed by atoms with Gasteiger partial charge in [-0.05, 0) is 31.7 Å². The fraction of sp³-hybridized carbons (Fsp3) is 0.615. The second kappa shape index (κ2) is 6.22. The maximum Gasteiger partial charge on any atom is 0.213 e. The summed E-state index contributed by atoms with van der Waals surface area (Å²) in [5, 5.41) is 0.612. The number of hydrogen-bond donors (Lipinski definition) is 1. The van der Waals surface area contributed by atoms with Crippen molar-refractivity contribution in [2.75, 3.05) is 0 Å². The van der Waals surface area contributed by atoms with Gasteiger partial charge in [-0.1, -0.05) is 24.4 Å². The van der Waals surface area contributed by atoms with Crippen LogP contribution in [-0.4, -0.2) is 11.1 Å². The number of pyridine rings is 1. The molecule has 1 aliphatic rings. The Morgan fingerprint density at radius 3 is 2.59 bits per heavy atom. The SMILES string of the molecule is NCc1nc(OC2CCCCCC2)ccc1Cl. The van der Waals surface area contributed by atoms with E-state index in [1.165, 1.54) is 25.7 Å². The summed E-state index contributed by atoms with van der Waals surface area (Å²) < 4.78 is 5.91. The van der Waals surface area contributed by atoms with Gasteiger partial charge < -0.3 is 10.5 Å². The van der Waals surface area contributed by atoms with E-state index in [9.17, 15) is 0 Å². The van der Waals surface area contributed by atoms with Crippen molar-refractivity contribution >= 4 is 11.6 Å². The van der Waals surface area contributed by atoms with E-state index in [2.05, 4.69) is 4.98 Å². The maximum absolute atomic E-state index is 5.97. The molecular formula is C13H19ClN2O. The van der Waals surface area contributed by atoms with E-state index in [1.807, 2.05) is 12.1 Å². The fourth-order valence-electron chi connectivity index (χ4n) is 2.20. The molecule has 1 aliphatic carbocycles. The first-order valence-electron chi connectivity index (χ1n) is 6.32. The smallest absolute Gasteiger partial charge is 0.213 e. The zero-order chi connectivity index (χ0) is 12.1. The number of nitrogens with two attached hydrogens (primary N) is 1. The Kier molecular flexibility index (Phi) is 4.63. The Labute approximate surface area is 107 Å². The predicted octanol–water partition coefficient (Wildman–Crippen LogP) is 3.30. The number of ether oxygens (including phenoxy) is 1. The molecule has 2 rings (SSSR count). The highest BCUT2D eigenvalue weighted by Crippen LogP contribution is 2.23. The summed E-state index contributed by atoms with van der Waals surface area (Å²) in [5.74, 6) is 0.654. The molecule has 1 fully saturated rings. The van der Waals surface area contributed by atoms with Gasteiger partial charge >= 0.3 is 0 Å². The van der Waals surface area contributed by atoms with Crippen molar-refractivity contribution in [1.29, 1.82) is 0 Å². The van der Waals surface area contributed by atoms with Crippen molar-refractivity contribution in [3.05, 3.63) is 22.8 Å². The minimum absolute atomic E-state index is 0.303. The molecule has 1 saturated carbocycles. The molecule has 17 heavy (non-hydrogen) atoms. The van der Waals surface area contributed by atoms with Crippen LogP contribution in [0.2, 0.25) is 5.02 Å². The Bertz CT molecular complexity index is 362. The van der Waals surface area contributed by atoms with Crippen LogP contribution in [0.5, 0.6) is 5.88 Å². The third kappa shape index (κ3) is 3.58. The highest BCUT2D eigenvalue weighted by Gasteiger charge is 2.14. The molecule has 4 heteroatoms. The lowest BCUT2D eigenvalue weighted by Gasteiger charge is -2.16. The summed E-state index contributed by atoms with van der Waals surface area (Å²) in [7, 11) is 0. The summed E-state index contributed by atoms with van der Waals surface area (Å²) in [6.45, 7) is 0.348. The quantitative estimate of drug-likeness (QED) is 0.842. The minimum Gasteiger partial charge on any atom is -0.474 e.